The van der Waals surface area contributed by atoms with Crippen LogP contribution >= 0.6 is 0 Å². The number of hydrogen-bond acceptors (Lipinski definition) is 0. The molecule has 0 fully saturated rings. The molecule has 0 aliphatic rings. The van der Waals surface area contributed by atoms with Crippen molar-refractivity contribution < 1.29 is 0 Å². The molecule has 0 unspecified atom stereocenters. The molecule has 0 aromatic rings. The average Bonchev–Trinajstić information content (AvgIpc) is 2.05. The van der Waals surface area contributed by atoms with E-state index in [4.69, 9.17) is 0 Å². The lowest BCUT2D eigenvalue weighted by Gasteiger charge is -2.03. The largest absolute Gasteiger partial charge is 0.0956 e. The molecule has 0 aliphatic heterocycles. The summed E-state index contributed by atoms with van der Waals surface area (Å²) in [5.41, 5.74) is 2.62. The fraction of sp³-hybridized carbons (Fsp3) is 0.455. The molecule has 0 aromatic heterocycles. The zero-order valence-electron chi connectivity index (χ0n) is 7.85. The van der Waals surface area contributed by atoms with Gasteiger partial charge in [0.15, 0.2) is 0 Å². The van der Waals surface area contributed by atoms with Crippen LogP contribution in [-0.4, -0.2) is 0 Å². The molecule has 0 saturated carbocycles. The predicted octanol–water partition coefficient (Wildman–Crippen LogP) is 3.87. The highest BCUT2D eigenvalue weighted by Gasteiger charge is 1.94. The van der Waals surface area contributed by atoms with E-state index in [1.165, 1.54) is 11.1 Å². The summed E-state index contributed by atoms with van der Waals surface area (Å²) >= 11 is 0. The van der Waals surface area contributed by atoms with Crippen molar-refractivity contribution >= 4 is 0 Å². The number of allylic oxidation sites excluding steroid dienone is 5. The lowest BCUT2D eigenvalue weighted by molar-refractivity contribution is 1.03. The van der Waals surface area contributed by atoms with Crippen LogP contribution in [0.15, 0.2) is 36.0 Å². The van der Waals surface area contributed by atoms with Crippen LogP contribution in [0, 0.1) is 0 Å². The standard InChI is InChI=1S/C11H18/c1-5-8-9-11(7-3)10(4)6-2/h5,8-9H,4,6-7H2,1-3H3. The minimum Gasteiger partial charge on any atom is -0.0956 e. The zero-order chi connectivity index (χ0) is 8.69. The van der Waals surface area contributed by atoms with Gasteiger partial charge in [-0.1, -0.05) is 44.2 Å². The van der Waals surface area contributed by atoms with E-state index in [0.29, 0.717) is 0 Å². The van der Waals surface area contributed by atoms with E-state index >= 15 is 0 Å². The van der Waals surface area contributed by atoms with Crippen LogP contribution in [0.2, 0.25) is 0 Å². The third-order valence-electron chi connectivity index (χ3n) is 1.75. The highest BCUT2D eigenvalue weighted by Crippen LogP contribution is 2.14. The third-order valence-corrected chi connectivity index (χ3v) is 1.75. The predicted molar refractivity (Wildman–Crippen MR) is 52.6 cm³/mol. The maximum absolute atomic E-state index is 4.00. The summed E-state index contributed by atoms with van der Waals surface area (Å²) in [5, 5.41) is 0. The van der Waals surface area contributed by atoms with Crippen molar-refractivity contribution in [3.8, 4) is 0 Å². The van der Waals surface area contributed by atoms with Gasteiger partial charge in [0.2, 0.25) is 0 Å². The molecule has 0 amide bonds. The quantitative estimate of drug-likeness (QED) is 0.534. The van der Waals surface area contributed by atoms with Crippen LogP contribution < -0.4 is 0 Å². The van der Waals surface area contributed by atoms with Crippen molar-refractivity contribution in [2.45, 2.75) is 33.6 Å². The molecule has 0 nitrogen and oxygen atoms in total. The molecule has 0 aliphatic carbocycles. The molecular formula is C11H18. The summed E-state index contributed by atoms with van der Waals surface area (Å²) in [6.45, 7) is 10.3. The summed E-state index contributed by atoms with van der Waals surface area (Å²) in [4.78, 5) is 0. The van der Waals surface area contributed by atoms with Gasteiger partial charge in [-0.25, -0.2) is 0 Å². The van der Waals surface area contributed by atoms with Crippen molar-refractivity contribution in [3.05, 3.63) is 36.0 Å². The van der Waals surface area contributed by atoms with Crippen molar-refractivity contribution in [1.82, 2.24) is 0 Å². The Morgan fingerprint density at radius 1 is 1.27 bits per heavy atom. The fourth-order valence-corrected chi connectivity index (χ4v) is 0.925. The topological polar surface area (TPSA) is 0 Å². The van der Waals surface area contributed by atoms with Crippen LogP contribution in [-0.2, 0) is 0 Å². The zero-order valence-corrected chi connectivity index (χ0v) is 7.85. The molecule has 0 radical (unpaired) electrons. The Labute approximate surface area is 70.3 Å². The highest BCUT2D eigenvalue weighted by molar-refractivity contribution is 5.30. The van der Waals surface area contributed by atoms with Gasteiger partial charge in [0.1, 0.15) is 0 Å². The molecule has 0 heterocycles. The Balaban J connectivity index is 4.26. The van der Waals surface area contributed by atoms with Gasteiger partial charge in [-0.15, -0.1) is 0 Å². The van der Waals surface area contributed by atoms with E-state index in [9.17, 15) is 0 Å². The first kappa shape index (κ1) is 10.2. The fourth-order valence-electron chi connectivity index (χ4n) is 0.925. The first-order chi connectivity index (χ1) is 5.26. The van der Waals surface area contributed by atoms with Gasteiger partial charge in [-0.05, 0) is 25.3 Å². The smallest absolute Gasteiger partial charge is 0.0305 e. The molecule has 11 heavy (non-hydrogen) atoms. The molecule has 0 N–H and O–H groups in total. The second-order valence-electron chi connectivity index (χ2n) is 2.53. The van der Waals surface area contributed by atoms with Gasteiger partial charge >= 0.3 is 0 Å². The first-order valence-corrected chi connectivity index (χ1v) is 4.26. The Morgan fingerprint density at radius 3 is 2.27 bits per heavy atom. The van der Waals surface area contributed by atoms with Crippen LogP contribution in [0.4, 0.5) is 0 Å². The molecule has 0 aromatic carbocycles. The molecule has 62 valence electrons. The Kier molecular flexibility index (Phi) is 5.54. The summed E-state index contributed by atoms with van der Waals surface area (Å²) < 4.78 is 0. The number of rotatable bonds is 4. The molecule has 0 bridgehead atoms. The van der Waals surface area contributed by atoms with E-state index in [2.05, 4.69) is 32.6 Å². The molecule has 0 saturated heterocycles. The van der Waals surface area contributed by atoms with Crippen LogP contribution in [0.1, 0.15) is 33.6 Å². The van der Waals surface area contributed by atoms with Crippen molar-refractivity contribution in [2.24, 2.45) is 0 Å². The van der Waals surface area contributed by atoms with Gasteiger partial charge < -0.3 is 0 Å². The van der Waals surface area contributed by atoms with Crippen molar-refractivity contribution in [3.63, 3.8) is 0 Å². The van der Waals surface area contributed by atoms with E-state index in [0.717, 1.165) is 12.8 Å². The summed E-state index contributed by atoms with van der Waals surface area (Å²) in [7, 11) is 0. The Morgan fingerprint density at radius 2 is 1.91 bits per heavy atom. The van der Waals surface area contributed by atoms with E-state index in [1.807, 2.05) is 13.0 Å². The second kappa shape index (κ2) is 5.96. The van der Waals surface area contributed by atoms with Gasteiger partial charge in [-0.2, -0.15) is 0 Å². The van der Waals surface area contributed by atoms with Gasteiger partial charge in [0.25, 0.3) is 0 Å². The summed E-state index contributed by atoms with van der Waals surface area (Å²) in [5.74, 6) is 0. The third kappa shape index (κ3) is 3.82. The minimum atomic E-state index is 1.05. The Bertz CT molecular complexity index is 170. The van der Waals surface area contributed by atoms with Crippen LogP contribution in [0.25, 0.3) is 0 Å². The molecule has 0 heteroatoms. The first-order valence-electron chi connectivity index (χ1n) is 4.26. The van der Waals surface area contributed by atoms with Gasteiger partial charge in [0, 0.05) is 0 Å². The molecular weight excluding hydrogens is 132 g/mol. The molecule has 0 atom stereocenters. The van der Waals surface area contributed by atoms with Gasteiger partial charge in [-0.3, -0.25) is 0 Å². The van der Waals surface area contributed by atoms with Crippen LogP contribution in [0.5, 0.6) is 0 Å². The highest BCUT2D eigenvalue weighted by atomic mass is 14.0. The van der Waals surface area contributed by atoms with Crippen molar-refractivity contribution in [1.29, 1.82) is 0 Å². The minimum absolute atomic E-state index is 1.05. The van der Waals surface area contributed by atoms with E-state index in [1.54, 1.807) is 0 Å². The second-order valence-corrected chi connectivity index (χ2v) is 2.53. The Hall–Kier alpha value is -0.780. The van der Waals surface area contributed by atoms with Gasteiger partial charge in [0.05, 0.1) is 0 Å². The lowest BCUT2D eigenvalue weighted by Crippen LogP contribution is -1.83. The maximum Gasteiger partial charge on any atom is -0.0305 e. The summed E-state index contributed by atoms with van der Waals surface area (Å²) in [6, 6.07) is 0. The maximum atomic E-state index is 4.00. The van der Waals surface area contributed by atoms with Crippen LogP contribution in [0.3, 0.4) is 0 Å². The monoisotopic (exact) mass is 150 g/mol. The normalized spacial score (nSPS) is 12.5. The SMILES string of the molecule is C=C(CC)C(=CC=CC)CC. The average molecular weight is 150 g/mol. The summed E-state index contributed by atoms with van der Waals surface area (Å²) in [6.07, 6.45) is 8.39. The molecule has 0 rings (SSSR count). The van der Waals surface area contributed by atoms with Crippen molar-refractivity contribution in [2.75, 3.05) is 0 Å². The number of hydrogen-bond donors (Lipinski definition) is 0. The van der Waals surface area contributed by atoms with E-state index in [-0.39, 0.29) is 0 Å². The molecule has 0 spiro atoms. The lowest BCUT2D eigenvalue weighted by atomic mass is 10.0. The van der Waals surface area contributed by atoms with E-state index < -0.39 is 0 Å².